The van der Waals surface area contributed by atoms with E-state index in [4.69, 9.17) is 9.47 Å². The highest BCUT2D eigenvalue weighted by atomic mass is 32.2. The lowest BCUT2D eigenvalue weighted by molar-refractivity contribution is -0.129. The lowest BCUT2D eigenvalue weighted by Gasteiger charge is -2.26. The van der Waals surface area contributed by atoms with Gasteiger partial charge in [0.1, 0.15) is 11.5 Å². The summed E-state index contributed by atoms with van der Waals surface area (Å²) in [5.41, 5.74) is 1.04. The van der Waals surface area contributed by atoms with Crippen LogP contribution in [0.3, 0.4) is 0 Å². The van der Waals surface area contributed by atoms with Gasteiger partial charge < -0.3 is 14.4 Å². The molecule has 2 rings (SSSR count). The van der Waals surface area contributed by atoms with E-state index in [1.807, 2.05) is 29.4 Å². The average molecular weight is 295 g/mol. The number of rotatable bonds is 5. The van der Waals surface area contributed by atoms with Crippen molar-refractivity contribution in [1.29, 1.82) is 0 Å². The van der Waals surface area contributed by atoms with Crippen LogP contribution in [0.1, 0.15) is 24.4 Å². The predicted octanol–water partition coefficient (Wildman–Crippen LogP) is 2.73. The van der Waals surface area contributed by atoms with Crippen LogP contribution in [0.5, 0.6) is 11.5 Å². The van der Waals surface area contributed by atoms with Gasteiger partial charge in [0.15, 0.2) is 0 Å². The Hall–Kier alpha value is -1.36. The summed E-state index contributed by atoms with van der Waals surface area (Å²) in [5, 5.41) is 0. The number of benzene rings is 1. The van der Waals surface area contributed by atoms with Crippen molar-refractivity contribution < 1.29 is 14.3 Å². The summed E-state index contributed by atoms with van der Waals surface area (Å²) in [5.74, 6) is 2.34. The third kappa shape index (κ3) is 3.03. The number of likely N-dealkylation sites (tertiary alicyclic amines) is 1. The zero-order valence-electron chi connectivity index (χ0n) is 12.2. The van der Waals surface area contributed by atoms with E-state index in [0.29, 0.717) is 5.75 Å². The number of methoxy groups -OCH3 is 2. The van der Waals surface area contributed by atoms with Gasteiger partial charge in [0, 0.05) is 12.1 Å². The minimum Gasteiger partial charge on any atom is -0.497 e. The van der Waals surface area contributed by atoms with Crippen LogP contribution in [0.4, 0.5) is 0 Å². The molecule has 1 aromatic rings. The zero-order chi connectivity index (χ0) is 14.5. The third-order valence-corrected chi connectivity index (χ3v) is 4.17. The zero-order valence-corrected chi connectivity index (χ0v) is 13.0. The Morgan fingerprint density at radius 3 is 2.85 bits per heavy atom. The molecule has 1 aliphatic heterocycles. The molecule has 1 aromatic carbocycles. The molecule has 20 heavy (non-hydrogen) atoms. The second-order valence-electron chi connectivity index (χ2n) is 4.79. The first-order valence-corrected chi connectivity index (χ1v) is 8.11. The average Bonchev–Trinajstić information content (AvgIpc) is 2.96. The van der Waals surface area contributed by atoms with Crippen LogP contribution in [0.2, 0.25) is 0 Å². The molecule has 0 spiro atoms. The Balaban J connectivity index is 2.31. The first-order valence-electron chi connectivity index (χ1n) is 6.71. The van der Waals surface area contributed by atoms with Crippen LogP contribution in [-0.4, -0.2) is 43.6 Å². The molecule has 0 saturated carbocycles. The third-order valence-electron chi connectivity index (χ3n) is 3.64. The molecule has 1 unspecified atom stereocenters. The first-order chi connectivity index (χ1) is 9.71. The first kappa shape index (κ1) is 15.0. The van der Waals surface area contributed by atoms with Gasteiger partial charge >= 0.3 is 0 Å². The summed E-state index contributed by atoms with van der Waals surface area (Å²) in [6.45, 7) is 0.824. The Labute approximate surface area is 124 Å². The fraction of sp³-hybridized carbons (Fsp3) is 0.533. The maximum atomic E-state index is 12.2. The topological polar surface area (TPSA) is 38.8 Å². The van der Waals surface area contributed by atoms with E-state index in [0.717, 1.165) is 36.4 Å². The minimum atomic E-state index is 0.0969. The van der Waals surface area contributed by atoms with Crippen molar-refractivity contribution in [2.75, 3.05) is 32.8 Å². The largest absolute Gasteiger partial charge is 0.497 e. The highest BCUT2D eigenvalue weighted by Gasteiger charge is 2.31. The van der Waals surface area contributed by atoms with Crippen LogP contribution in [0.15, 0.2) is 18.2 Å². The van der Waals surface area contributed by atoms with Gasteiger partial charge in [0.05, 0.1) is 26.0 Å². The van der Waals surface area contributed by atoms with Crippen molar-refractivity contribution >= 4 is 17.7 Å². The van der Waals surface area contributed by atoms with Crippen LogP contribution >= 0.6 is 11.8 Å². The Morgan fingerprint density at radius 2 is 2.20 bits per heavy atom. The summed E-state index contributed by atoms with van der Waals surface area (Å²) in [7, 11) is 3.31. The van der Waals surface area contributed by atoms with Gasteiger partial charge in [-0.2, -0.15) is 11.8 Å². The SMILES string of the molecule is COc1ccc(OC)c(C2CCCN2C(=O)CSC)c1. The quantitative estimate of drug-likeness (QED) is 0.837. The van der Waals surface area contributed by atoms with E-state index in [9.17, 15) is 4.79 Å². The number of ether oxygens (including phenoxy) is 2. The van der Waals surface area contributed by atoms with Gasteiger partial charge in [-0.3, -0.25) is 4.79 Å². The highest BCUT2D eigenvalue weighted by molar-refractivity contribution is 7.99. The minimum absolute atomic E-state index is 0.0969. The smallest absolute Gasteiger partial charge is 0.233 e. The van der Waals surface area contributed by atoms with E-state index >= 15 is 0 Å². The van der Waals surface area contributed by atoms with Gasteiger partial charge in [-0.1, -0.05) is 0 Å². The molecule has 0 bridgehead atoms. The molecule has 1 amide bonds. The molecule has 0 aromatic heterocycles. The number of hydrogen-bond donors (Lipinski definition) is 0. The van der Waals surface area contributed by atoms with Crippen molar-refractivity contribution in [2.45, 2.75) is 18.9 Å². The molecular weight excluding hydrogens is 274 g/mol. The summed E-state index contributed by atoms with van der Waals surface area (Å²) < 4.78 is 10.7. The van der Waals surface area contributed by atoms with Gasteiger partial charge in [0.25, 0.3) is 0 Å². The molecule has 1 atom stereocenters. The van der Waals surface area contributed by atoms with Gasteiger partial charge in [0.2, 0.25) is 5.91 Å². The van der Waals surface area contributed by atoms with E-state index in [1.54, 1.807) is 26.0 Å². The summed E-state index contributed by atoms with van der Waals surface area (Å²) in [6, 6.07) is 5.86. The van der Waals surface area contributed by atoms with Crippen LogP contribution < -0.4 is 9.47 Å². The Morgan fingerprint density at radius 1 is 1.40 bits per heavy atom. The Bertz CT molecular complexity index is 478. The van der Waals surface area contributed by atoms with Crippen molar-refractivity contribution in [3.05, 3.63) is 23.8 Å². The predicted molar refractivity (Wildman–Crippen MR) is 81.6 cm³/mol. The summed E-state index contributed by atoms with van der Waals surface area (Å²) >= 11 is 1.56. The van der Waals surface area contributed by atoms with E-state index in [-0.39, 0.29) is 11.9 Å². The van der Waals surface area contributed by atoms with E-state index < -0.39 is 0 Å². The molecule has 0 aliphatic carbocycles. The lowest BCUT2D eigenvalue weighted by Crippen LogP contribution is -2.32. The fourth-order valence-corrected chi connectivity index (χ4v) is 3.11. The van der Waals surface area contributed by atoms with Gasteiger partial charge in [-0.15, -0.1) is 0 Å². The summed E-state index contributed by atoms with van der Waals surface area (Å²) in [4.78, 5) is 14.2. The molecular formula is C15H21NO3S. The molecule has 5 heteroatoms. The number of carbonyl (C=O) groups is 1. The molecule has 0 radical (unpaired) electrons. The molecule has 1 fully saturated rings. The maximum absolute atomic E-state index is 12.2. The summed E-state index contributed by atoms with van der Waals surface area (Å²) in [6.07, 6.45) is 3.96. The molecule has 1 heterocycles. The standard InChI is InChI=1S/C15H21NO3S/c1-18-11-6-7-14(19-2)12(9-11)13-5-4-8-16(13)15(17)10-20-3/h6-7,9,13H,4-5,8,10H2,1-3H3. The molecule has 1 aliphatic rings. The molecule has 110 valence electrons. The monoisotopic (exact) mass is 295 g/mol. The number of thioether (sulfide) groups is 1. The van der Waals surface area contributed by atoms with Crippen LogP contribution in [-0.2, 0) is 4.79 Å². The molecule has 1 saturated heterocycles. The van der Waals surface area contributed by atoms with Crippen molar-refractivity contribution in [1.82, 2.24) is 4.90 Å². The second kappa shape index (κ2) is 6.88. The van der Waals surface area contributed by atoms with Gasteiger partial charge in [-0.05, 0) is 37.3 Å². The van der Waals surface area contributed by atoms with Crippen LogP contribution in [0.25, 0.3) is 0 Å². The number of nitrogens with zero attached hydrogens (tertiary/aromatic N) is 1. The van der Waals surface area contributed by atoms with E-state index in [1.165, 1.54) is 0 Å². The second-order valence-corrected chi connectivity index (χ2v) is 5.65. The van der Waals surface area contributed by atoms with E-state index in [2.05, 4.69) is 0 Å². The molecule has 0 N–H and O–H groups in total. The molecule has 4 nitrogen and oxygen atoms in total. The highest BCUT2D eigenvalue weighted by Crippen LogP contribution is 2.39. The number of carbonyl (C=O) groups excluding carboxylic acids is 1. The van der Waals surface area contributed by atoms with Crippen LogP contribution in [0, 0.1) is 0 Å². The normalized spacial score (nSPS) is 18.1. The van der Waals surface area contributed by atoms with Crippen molar-refractivity contribution in [2.24, 2.45) is 0 Å². The van der Waals surface area contributed by atoms with Gasteiger partial charge in [-0.25, -0.2) is 0 Å². The lowest BCUT2D eigenvalue weighted by atomic mass is 10.0. The fourth-order valence-electron chi connectivity index (χ4n) is 2.69. The number of amides is 1. The van der Waals surface area contributed by atoms with Crippen molar-refractivity contribution in [3.8, 4) is 11.5 Å². The Kier molecular flexibility index (Phi) is 5.17. The maximum Gasteiger partial charge on any atom is 0.233 e. The van der Waals surface area contributed by atoms with Crippen molar-refractivity contribution in [3.63, 3.8) is 0 Å². The number of hydrogen-bond acceptors (Lipinski definition) is 4.